The lowest BCUT2D eigenvalue weighted by atomic mass is 9.79. The van der Waals surface area contributed by atoms with Gasteiger partial charge in [-0.05, 0) is 54.7 Å². The summed E-state index contributed by atoms with van der Waals surface area (Å²) in [6.07, 6.45) is 3.36. The van der Waals surface area contributed by atoms with E-state index in [1.165, 1.54) is 12.3 Å². The van der Waals surface area contributed by atoms with Crippen molar-refractivity contribution in [3.63, 3.8) is 0 Å². The third kappa shape index (κ3) is 4.46. The average Bonchev–Trinajstić information content (AvgIpc) is 3.61. The van der Waals surface area contributed by atoms with Gasteiger partial charge in [0.15, 0.2) is 0 Å². The van der Waals surface area contributed by atoms with Gasteiger partial charge in [0.1, 0.15) is 11.6 Å². The van der Waals surface area contributed by atoms with E-state index in [2.05, 4.69) is 22.5 Å². The van der Waals surface area contributed by atoms with Gasteiger partial charge in [-0.25, -0.2) is 9.37 Å². The lowest BCUT2D eigenvalue weighted by Crippen LogP contribution is -2.51. The number of pyridine rings is 1. The molecule has 32 heavy (non-hydrogen) atoms. The number of carbonyl (C=O) groups is 2. The van der Waals surface area contributed by atoms with Crippen molar-refractivity contribution in [2.24, 2.45) is 11.8 Å². The number of anilines is 2. The van der Waals surface area contributed by atoms with Crippen molar-refractivity contribution in [3.05, 3.63) is 53.5 Å². The molecule has 0 radical (unpaired) electrons. The van der Waals surface area contributed by atoms with Gasteiger partial charge in [0.2, 0.25) is 5.91 Å². The molecule has 2 heterocycles. The summed E-state index contributed by atoms with van der Waals surface area (Å²) in [5.41, 5.74) is 2.18. The van der Waals surface area contributed by atoms with Crippen LogP contribution < -0.4 is 15.5 Å². The zero-order chi connectivity index (χ0) is 22.8. The average molecular weight is 441 g/mol. The maximum Gasteiger partial charge on any atom is 0.251 e. The van der Waals surface area contributed by atoms with Gasteiger partial charge in [0.25, 0.3) is 5.91 Å². The highest BCUT2D eigenvalue weighted by atomic mass is 19.1. The molecule has 3 atom stereocenters. The standard InChI is InChI=1S/C24H29FN4O3/c1-14-22(28-21-9-7-18(25)13-27-21)19-12-17(24(31)26-10-11-32-3)6-8-20(19)29(15(2)30)23(14)16-4-5-16/h6-9,12-14,16,22-23H,4-5,10-11H2,1-3H3,(H,26,31)(H,27,28). The van der Waals surface area contributed by atoms with E-state index in [1.54, 1.807) is 26.2 Å². The number of hydrogen-bond acceptors (Lipinski definition) is 5. The van der Waals surface area contributed by atoms with E-state index >= 15 is 0 Å². The van der Waals surface area contributed by atoms with Crippen LogP contribution in [0.3, 0.4) is 0 Å². The Morgan fingerprint density at radius 2 is 2.03 bits per heavy atom. The van der Waals surface area contributed by atoms with Crippen LogP contribution in [0.15, 0.2) is 36.5 Å². The van der Waals surface area contributed by atoms with Crippen LogP contribution in [-0.4, -0.2) is 43.1 Å². The fourth-order valence-electron chi connectivity index (χ4n) is 4.70. The first kappa shape index (κ1) is 22.2. The number of amides is 2. The molecule has 0 saturated heterocycles. The molecule has 2 amide bonds. The molecule has 0 spiro atoms. The molecule has 7 nitrogen and oxygen atoms in total. The predicted octanol–water partition coefficient (Wildman–Crippen LogP) is 3.53. The maximum atomic E-state index is 13.4. The van der Waals surface area contributed by atoms with Crippen LogP contribution in [0.25, 0.3) is 0 Å². The van der Waals surface area contributed by atoms with E-state index in [4.69, 9.17) is 4.74 Å². The molecule has 1 aromatic carbocycles. The number of fused-ring (bicyclic) bond motifs is 1. The Morgan fingerprint density at radius 1 is 1.25 bits per heavy atom. The molecular formula is C24H29FN4O3. The summed E-state index contributed by atoms with van der Waals surface area (Å²) in [6.45, 7) is 4.55. The molecule has 1 aliphatic heterocycles. The molecule has 4 rings (SSSR count). The largest absolute Gasteiger partial charge is 0.383 e. The van der Waals surface area contributed by atoms with E-state index in [1.807, 2.05) is 17.0 Å². The Labute approximate surface area is 187 Å². The normalized spacial score (nSPS) is 22.2. The van der Waals surface area contributed by atoms with Gasteiger partial charge < -0.3 is 20.3 Å². The van der Waals surface area contributed by atoms with Crippen molar-refractivity contribution in [1.82, 2.24) is 10.3 Å². The molecule has 2 N–H and O–H groups in total. The zero-order valence-corrected chi connectivity index (χ0v) is 18.6. The Balaban J connectivity index is 1.73. The minimum absolute atomic E-state index is 0.00865. The van der Waals surface area contributed by atoms with Crippen LogP contribution in [0.2, 0.25) is 0 Å². The van der Waals surface area contributed by atoms with Crippen LogP contribution >= 0.6 is 0 Å². The summed E-state index contributed by atoms with van der Waals surface area (Å²) in [6, 6.07) is 8.29. The van der Waals surface area contributed by atoms with E-state index in [0.717, 1.165) is 24.1 Å². The van der Waals surface area contributed by atoms with Crippen molar-refractivity contribution >= 4 is 23.3 Å². The van der Waals surface area contributed by atoms with E-state index < -0.39 is 5.82 Å². The Morgan fingerprint density at radius 3 is 2.66 bits per heavy atom. The number of ether oxygens (including phenoxy) is 1. The molecule has 1 aromatic heterocycles. The van der Waals surface area contributed by atoms with E-state index in [9.17, 15) is 14.0 Å². The van der Waals surface area contributed by atoms with Gasteiger partial charge in [-0.3, -0.25) is 9.59 Å². The quantitative estimate of drug-likeness (QED) is 0.644. The topological polar surface area (TPSA) is 83.6 Å². The lowest BCUT2D eigenvalue weighted by Gasteiger charge is -2.46. The number of halogens is 1. The van der Waals surface area contributed by atoms with Gasteiger partial charge in [-0.2, -0.15) is 0 Å². The number of methoxy groups -OCH3 is 1. The highest BCUT2D eigenvalue weighted by Crippen LogP contribution is 2.50. The molecule has 3 unspecified atom stereocenters. The Kier molecular flexibility index (Phi) is 6.41. The Bertz CT molecular complexity index is 993. The molecule has 8 heteroatoms. The van der Waals surface area contributed by atoms with Gasteiger partial charge in [0, 0.05) is 43.8 Å². The first-order chi connectivity index (χ1) is 15.4. The van der Waals surface area contributed by atoms with Crippen LogP contribution in [0.1, 0.15) is 48.7 Å². The molecule has 1 aliphatic carbocycles. The van der Waals surface area contributed by atoms with Crippen LogP contribution in [0.4, 0.5) is 15.9 Å². The molecule has 0 bridgehead atoms. The smallest absolute Gasteiger partial charge is 0.251 e. The second-order valence-corrected chi connectivity index (χ2v) is 8.58. The number of aromatic nitrogens is 1. The summed E-state index contributed by atoms with van der Waals surface area (Å²) in [4.78, 5) is 31.4. The van der Waals surface area contributed by atoms with Crippen molar-refractivity contribution in [2.75, 3.05) is 30.5 Å². The van der Waals surface area contributed by atoms with Gasteiger partial charge in [-0.1, -0.05) is 6.92 Å². The van der Waals surface area contributed by atoms with Crippen LogP contribution in [-0.2, 0) is 9.53 Å². The molecule has 1 fully saturated rings. The summed E-state index contributed by atoms with van der Waals surface area (Å²) >= 11 is 0. The second-order valence-electron chi connectivity index (χ2n) is 8.58. The number of rotatable bonds is 7. The minimum atomic E-state index is -0.402. The number of benzene rings is 1. The van der Waals surface area contributed by atoms with Gasteiger partial charge >= 0.3 is 0 Å². The van der Waals surface area contributed by atoms with Crippen molar-refractivity contribution in [3.8, 4) is 0 Å². The summed E-state index contributed by atoms with van der Waals surface area (Å²) in [5, 5.41) is 6.28. The van der Waals surface area contributed by atoms with Crippen LogP contribution in [0, 0.1) is 17.7 Å². The summed E-state index contributed by atoms with van der Waals surface area (Å²) in [7, 11) is 1.58. The summed E-state index contributed by atoms with van der Waals surface area (Å²) in [5.74, 6) is 0.457. The maximum absolute atomic E-state index is 13.4. The van der Waals surface area contributed by atoms with Crippen LogP contribution in [0.5, 0.6) is 0 Å². The Hall–Kier alpha value is -3.00. The molecule has 2 aliphatic rings. The fourth-order valence-corrected chi connectivity index (χ4v) is 4.70. The van der Waals surface area contributed by atoms with Crippen molar-refractivity contribution in [2.45, 2.75) is 38.8 Å². The number of carbonyl (C=O) groups excluding carboxylic acids is 2. The molecule has 1 saturated carbocycles. The molecule has 2 aromatic rings. The van der Waals surface area contributed by atoms with Crippen molar-refractivity contribution < 1.29 is 18.7 Å². The lowest BCUT2D eigenvalue weighted by molar-refractivity contribution is -0.117. The monoisotopic (exact) mass is 440 g/mol. The number of nitrogens with zero attached hydrogens (tertiary/aromatic N) is 2. The first-order valence-electron chi connectivity index (χ1n) is 11.0. The molecule has 170 valence electrons. The highest BCUT2D eigenvalue weighted by Gasteiger charge is 2.47. The highest BCUT2D eigenvalue weighted by molar-refractivity contribution is 5.98. The van der Waals surface area contributed by atoms with Crippen molar-refractivity contribution in [1.29, 1.82) is 0 Å². The summed E-state index contributed by atoms with van der Waals surface area (Å²) < 4.78 is 18.4. The van der Waals surface area contributed by atoms with E-state index in [-0.39, 0.29) is 29.8 Å². The first-order valence-corrected chi connectivity index (χ1v) is 11.0. The number of hydrogen-bond donors (Lipinski definition) is 2. The number of nitrogens with one attached hydrogen (secondary N) is 2. The van der Waals surface area contributed by atoms with Gasteiger partial charge in [0.05, 0.1) is 18.8 Å². The predicted molar refractivity (Wildman–Crippen MR) is 120 cm³/mol. The van der Waals surface area contributed by atoms with Gasteiger partial charge in [-0.15, -0.1) is 0 Å². The second kappa shape index (κ2) is 9.24. The zero-order valence-electron chi connectivity index (χ0n) is 18.6. The molecular weight excluding hydrogens is 411 g/mol. The third-order valence-corrected chi connectivity index (χ3v) is 6.31. The SMILES string of the molecule is COCCNC(=O)c1ccc2c(c1)C(Nc1ccc(F)cn1)C(C)C(C1CC1)N2C(C)=O. The fraction of sp³-hybridized carbons (Fsp3) is 0.458. The third-order valence-electron chi connectivity index (χ3n) is 6.31. The minimum Gasteiger partial charge on any atom is -0.383 e. The van der Waals surface area contributed by atoms with E-state index in [0.29, 0.717) is 30.5 Å².